The summed E-state index contributed by atoms with van der Waals surface area (Å²) in [6.45, 7) is 5.74. The largest absolute Gasteiger partial charge is 0.465 e. The molecule has 10 nitrogen and oxygen atoms in total. The summed E-state index contributed by atoms with van der Waals surface area (Å²) in [4.78, 5) is 28.3. The number of carbonyl (C=O) groups excluding carboxylic acids is 1. The van der Waals surface area contributed by atoms with Crippen molar-refractivity contribution < 1.29 is 9.53 Å². The minimum absolute atomic E-state index is 0.0549. The fourth-order valence-electron chi connectivity index (χ4n) is 1.74. The molecule has 1 aliphatic rings. The summed E-state index contributed by atoms with van der Waals surface area (Å²) in [6.07, 6.45) is 0. The number of nitrogens with one attached hydrogen (secondary N) is 2. The lowest BCUT2D eigenvalue weighted by molar-refractivity contribution is 0.0971. The van der Waals surface area contributed by atoms with Gasteiger partial charge in [0.15, 0.2) is 28.1 Å². The van der Waals surface area contributed by atoms with Gasteiger partial charge in [-0.3, -0.25) is 15.4 Å². The smallest absolute Gasteiger partial charge is 0.293 e. The van der Waals surface area contributed by atoms with Gasteiger partial charge in [0.2, 0.25) is 5.96 Å². The number of halogens is 1. The third-order valence-electron chi connectivity index (χ3n) is 2.62. The first-order chi connectivity index (χ1) is 10.7. The fraction of sp³-hybridized carbons (Fsp3) is 0.417. The van der Waals surface area contributed by atoms with Gasteiger partial charge in [-0.25, -0.2) is 20.0 Å². The van der Waals surface area contributed by atoms with E-state index in [0.29, 0.717) is 6.61 Å². The summed E-state index contributed by atoms with van der Waals surface area (Å²) in [6, 6.07) is 0.247. The van der Waals surface area contributed by atoms with Crippen molar-refractivity contribution in [3.63, 3.8) is 0 Å². The molecule has 0 radical (unpaired) electrons. The second-order valence-corrected chi connectivity index (χ2v) is 5.38. The molecule has 6 N–H and O–H groups in total. The SMILES string of the molecule is CCOC1=NC(C)(C)N=C(NC(=O)c2nc(Cl)c(N)nc2N)N1. The molecule has 0 aliphatic carbocycles. The van der Waals surface area contributed by atoms with Crippen LogP contribution in [0.1, 0.15) is 31.3 Å². The predicted octanol–water partition coefficient (Wildman–Crippen LogP) is 0.112. The van der Waals surface area contributed by atoms with Crippen molar-refractivity contribution in [3.8, 4) is 0 Å². The van der Waals surface area contributed by atoms with Gasteiger partial charge in [-0.1, -0.05) is 11.6 Å². The fourth-order valence-corrected chi connectivity index (χ4v) is 1.87. The number of nitrogens with two attached hydrogens (primary N) is 2. The zero-order chi connectivity index (χ0) is 17.2. The van der Waals surface area contributed by atoms with Crippen LogP contribution in [0.5, 0.6) is 0 Å². The lowest BCUT2D eigenvalue weighted by Gasteiger charge is -2.25. The molecule has 0 saturated heterocycles. The van der Waals surface area contributed by atoms with Crippen LogP contribution in [0.2, 0.25) is 5.15 Å². The van der Waals surface area contributed by atoms with E-state index in [-0.39, 0.29) is 34.5 Å². The van der Waals surface area contributed by atoms with Crippen LogP contribution in [0.15, 0.2) is 9.98 Å². The van der Waals surface area contributed by atoms with Crippen LogP contribution in [0.4, 0.5) is 11.6 Å². The molecule has 0 atom stereocenters. The highest BCUT2D eigenvalue weighted by molar-refractivity contribution is 6.31. The summed E-state index contributed by atoms with van der Waals surface area (Å²) in [5.41, 5.74) is 10.2. The van der Waals surface area contributed by atoms with E-state index in [9.17, 15) is 4.79 Å². The molecule has 2 heterocycles. The number of ether oxygens (including phenoxy) is 1. The Bertz CT molecular complexity index is 701. The van der Waals surface area contributed by atoms with Crippen LogP contribution < -0.4 is 22.1 Å². The number of anilines is 2. The van der Waals surface area contributed by atoms with Crippen LogP contribution in [-0.2, 0) is 4.74 Å². The molecule has 124 valence electrons. The Hall–Kier alpha value is -2.62. The lowest BCUT2D eigenvalue weighted by atomic mass is 10.3. The number of rotatable bonds is 2. The highest BCUT2D eigenvalue weighted by atomic mass is 35.5. The molecule has 1 aromatic heterocycles. The van der Waals surface area contributed by atoms with Crippen LogP contribution in [-0.4, -0.2) is 40.1 Å². The molecule has 1 aliphatic heterocycles. The first-order valence-electron chi connectivity index (χ1n) is 6.71. The molecule has 11 heteroatoms. The van der Waals surface area contributed by atoms with Crippen LogP contribution >= 0.6 is 11.6 Å². The Morgan fingerprint density at radius 2 is 2.00 bits per heavy atom. The Kier molecular flexibility index (Phi) is 4.55. The van der Waals surface area contributed by atoms with Crippen molar-refractivity contribution in [2.24, 2.45) is 9.98 Å². The van der Waals surface area contributed by atoms with E-state index in [4.69, 9.17) is 27.8 Å². The highest BCUT2D eigenvalue weighted by Gasteiger charge is 2.26. The molecular weight excluding hydrogens is 324 g/mol. The molecule has 0 fully saturated rings. The number of hydrogen-bond donors (Lipinski definition) is 4. The Morgan fingerprint density at radius 3 is 2.65 bits per heavy atom. The number of guanidine groups is 1. The Labute approximate surface area is 137 Å². The van der Waals surface area contributed by atoms with E-state index in [0.717, 1.165) is 0 Å². The number of carbonyl (C=O) groups is 1. The van der Waals surface area contributed by atoms with Crippen molar-refractivity contribution in [1.82, 2.24) is 20.6 Å². The third kappa shape index (κ3) is 3.97. The molecule has 2 rings (SSSR count). The molecule has 0 aromatic carbocycles. The summed E-state index contributed by atoms with van der Waals surface area (Å²) < 4.78 is 5.31. The molecule has 0 bridgehead atoms. The Balaban J connectivity index is 2.21. The standard InChI is InChI=1S/C12H17ClN8O2/c1-4-23-11-19-10(20-12(2,3)21-11)18-9(22)5-7(14)17-8(15)6(13)16-5/h4H2,1-3H3,(H4,14,15,17)(H2,18,19,20,21,22). The van der Waals surface area contributed by atoms with Gasteiger partial charge in [-0.05, 0) is 20.8 Å². The first kappa shape index (κ1) is 16.7. The van der Waals surface area contributed by atoms with Gasteiger partial charge in [-0.15, -0.1) is 0 Å². The molecule has 0 spiro atoms. The number of hydrogen-bond acceptors (Lipinski definition) is 9. The molecule has 0 unspecified atom stereocenters. The topological polar surface area (TPSA) is 153 Å². The van der Waals surface area contributed by atoms with Crippen molar-refractivity contribution in [2.75, 3.05) is 18.1 Å². The summed E-state index contributed by atoms with van der Waals surface area (Å²) in [7, 11) is 0. The monoisotopic (exact) mass is 340 g/mol. The number of amidine groups is 1. The molecule has 23 heavy (non-hydrogen) atoms. The van der Waals surface area contributed by atoms with Crippen molar-refractivity contribution in [2.45, 2.75) is 26.4 Å². The predicted molar refractivity (Wildman–Crippen MR) is 87.0 cm³/mol. The van der Waals surface area contributed by atoms with Crippen LogP contribution in [0.25, 0.3) is 0 Å². The summed E-state index contributed by atoms with van der Waals surface area (Å²) in [5.74, 6) is -0.691. The summed E-state index contributed by atoms with van der Waals surface area (Å²) >= 11 is 5.76. The Morgan fingerprint density at radius 1 is 1.30 bits per heavy atom. The van der Waals surface area contributed by atoms with E-state index in [1.807, 2.05) is 6.92 Å². The minimum Gasteiger partial charge on any atom is -0.465 e. The van der Waals surface area contributed by atoms with E-state index in [1.54, 1.807) is 13.8 Å². The van der Waals surface area contributed by atoms with Gasteiger partial charge >= 0.3 is 0 Å². The normalized spacial score (nSPS) is 16.0. The maximum atomic E-state index is 12.3. The van der Waals surface area contributed by atoms with Gasteiger partial charge in [-0.2, -0.15) is 0 Å². The number of aromatic nitrogens is 2. The van der Waals surface area contributed by atoms with Crippen LogP contribution in [0.3, 0.4) is 0 Å². The molecule has 0 saturated carbocycles. The van der Waals surface area contributed by atoms with E-state index >= 15 is 0 Å². The van der Waals surface area contributed by atoms with Gasteiger partial charge in [0.1, 0.15) is 0 Å². The second kappa shape index (κ2) is 6.24. The van der Waals surface area contributed by atoms with Crippen LogP contribution in [0, 0.1) is 0 Å². The van der Waals surface area contributed by atoms with E-state index < -0.39 is 11.6 Å². The highest BCUT2D eigenvalue weighted by Crippen LogP contribution is 2.18. The zero-order valence-electron chi connectivity index (χ0n) is 12.8. The quantitative estimate of drug-likeness (QED) is 0.596. The number of amides is 1. The van der Waals surface area contributed by atoms with E-state index in [1.165, 1.54) is 0 Å². The molecular formula is C12H17ClN8O2. The molecule has 1 aromatic rings. The van der Waals surface area contributed by atoms with E-state index in [2.05, 4.69) is 30.6 Å². The van der Waals surface area contributed by atoms with Crippen molar-refractivity contribution in [3.05, 3.63) is 10.8 Å². The lowest BCUT2D eigenvalue weighted by Crippen LogP contribution is -2.49. The second-order valence-electron chi connectivity index (χ2n) is 5.02. The average molecular weight is 341 g/mol. The molecule has 1 amide bonds. The van der Waals surface area contributed by atoms with Gasteiger partial charge in [0, 0.05) is 0 Å². The minimum atomic E-state index is -0.797. The zero-order valence-corrected chi connectivity index (χ0v) is 13.6. The van der Waals surface area contributed by atoms with Gasteiger partial charge in [0.05, 0.1) is 6.61 Å². The summed E-state index contributed by atoms with van der Waals surface area (Å²) in [5, 5.41) is 5.17. The average Bonchev–Trinajstić information content (AvgIpc) is 2.41. The van der Waals surface area contributed by atoms with Gasteiger partial charge < -0.3 is 16.2 Å². The van der Waals surface area contributed by atoms with Gasteiger partial charge in [0.25, 0.3) is 11.9 Å². The first-order valence-corrected chi connectivity index (χ1v) is 7.09. The maximum absolute atomic E-state index is 12.3. The third-order valence-corrected chi connectivity index (χ3v) is 2.90. The maximum Gasteiger partial charge on any atom is 0.293 e. The van der Waals surface area contributed by atoms with Crippen molar-refractivity contribution in [1.29, 1.82) is 0 Å². The number of nitrogens with zero attached hydrogens (tertiary/aromatic N) is 4. The number of aliphatic imine (C=N–C) groups is 2. The van der Waals surface area contributed by atoms with Crippen molar-refractivity contribution >= 4 is 41.1 Å². The number of nitrogen functional groups attached to an aromatic ring is 2.